The monoisotopic (exact) mass is 323 g/mol. The molecule has 2 aromatic carbocycles. The molecule has 0 aliphatic rings. The zero-order valence-electron chi connectivity index (χ0n) is 12.8. The summed E-state index contributed by atoms with van der Waals surface area (Å²) >= 11 is 0. The van der Waals surface area contributed by atoms with Crippen LogP contribution in [-0.4, -0.2) is 17.3 Å². The molecule has 2 atom stereocenters. The van der Waals surface area contributed by atoms with Gasteiger partial charge in [0, 0.05) is 11.7 Å². The molecule has 0 aliphatic heterocycles. The first-order valence-electron chi connectivity index (χ1n) is 7.52. The average molecular weight is 323 g/mol. The maximum absolute atomic E-state index is 12.7. The fraction of sp³-hybridized carbons (Fsp3) is 0.333. The highest BCUT2D eigenvalue weighted by molar-refractivity contribution is 5.47. The molecule has 5 heteroatoms. The third kappa shape index (κ3) is 5.28. The number of rotatable bonds is 6. The molecular weight excluding hydrogens is 303 g/mol. The molecule has 0 radical (unpaired) electrons. The molecule has 0 saturated carbocycles. The van der Waals surface area contributed by atoms with Gasteiger partial charge in [0.25, 0.3) is 0 Å². The Morgan fingerprint density at radius 3 is 2.39 bits per heavy atom. The lowest BCUT2D eigenvalue weighted by atomic mass is 10.0. The first kappa shape index (κ1) is 17.3. The minimum atomic E-state index is -4.37. The van der Waals surface area contributed by atoms with Gasteiger partial charge in [-0.05, 0) is 43.5 Å². The minimum Gasteiger partial charge on any atom is -0.391 e. The van der Waals surface area contributed by atoms with E-state index in [1.54, 1.807) is 13.0 Å². The van der Waals surface area contributed by atoms with Gasteiger partial charge in [0.1, 0.15) is 0 Å². The van der Waals surface area contributed by atoms with E-state index in [9.17, 15) is 18.3 Å². The lowest BCUT2D eigenvalue weighted by Gasteiger charge is -2.22. The van der Waals surface area contributed by atoms with E-state index in [4.69, 9.17) is 0 Å². The molecular formula is C18H20F3NO. The van der Waals surface area contributed by atoms with Crippen molar-refractivity contribution in [2.75, 3.05) is 5.32 Å². The third-order valence-electron chi connectivity index (χ3n) is 3.73. The Morgan fingerprint density at radius 1 is 1.04 bits per heavy atom. The van der Waals surface area contributed by atoms with Crippen LogP contribution in [0, 0.1) is 0 Å². The van der Waals surface area contributed by atoms with E-state index in [2.05, 4.69) is 5.32 Å². The molecule has 0 aromatic heterocycles. The quantitative estimate of drug-likeness (QED) is 0.820. The number of hydrogen-bond acceptors (Lipinski definition) is 2. The number of alkyl halides is 3. The first-order chi connectivity index (χ1) is 10.9. The van der Waals surface area contributed by atoms with E-state index in [0.29, 0.717) is 12.1 Å². The number of anilines is 1. The van der Waals surface area contributed by atoms with Gasteiger partial charge in [0.05, 0.1) is 11.7 Å². The van der Waals surface area contributed by atoms with E-state index in [1.165, 1.54) is 6.07 Å². The Kier molecular flexibility index (Phi) is 5.66. The second kappa shape index (κ2) is 7.51. The maximum Gasteiger partial charge on any atom is 0.416 e. The van der Waals surface area contributed by atoms with Gasteiger partial charge in [-0.25, -0.2) is 0 Å². The number of aryl methyl sites for hydroxylation is 1. The summed E-state index contributed by atoms with van der Waals surface area (Å²) in [6.45, 7) is 1.76. The Hall–Kier alpha value is -2.01. The second-order valence-electron chi connectivity index (χ2n) is 5.60. The molecule has 0 amide bonds. The maximum atomic E-state index is 12.7. The molecule has 0 fully saturated rings. The fourth-order valence-electron chi connectivity index (χ4n) is 2.35. The van der Waals surface area contributed by atoms with Gasteiger partial charge >= 0.3 is 6.18 Å². The zero-order valence-corrected chi connectivity index (χ0v) is 12.8. The van der Waals surface area contributed by atoms with Crippen molar-refractivity contribution in [3.05, 3.63) is 65.7 Å². The van der Waals surface area contributed by atoms with Gasteiger partial charge < -0.3 is 10.4 Å². The summed E-state index contributed by atoms with van der Waals surface area (Å²) in [4.78, 5) is 0. The summed E-state index contributed by atoms with van der Waals surface area (Å²) in [5, 5.41) is 13.1. The zero-order chi connectivity index (χ0) is 16.9. The van der Waals surface area contributed by atoms with Gasteiger partial charge in [-0.1, -0.05) is 36.4 Å². The topological polar surface area (TPSA) is 32.3 Å². The molecule has 124 valence electrons. The van der Waals surface area contributed by atoms with Crippen molar-refractivity contribution in [3.63, 3.8) is 0 Å². The summed E-state index contributed by atoms with van der Waals surface area (Å²) in [6.07, 6.45) is -3.76. The predicted octanol–water partition coefficient (Wildman–Crippen LogP) is 4.50. The second-order valence-corrected chi connectivity index (χ2v) is 5.60. The van der Waals surface area contributed by atoms with Gasteiger partial charge in [-0.3, -0.25) is 0 Å². The van der Waals surface area contributed by atoms with E-state index < -0.39 is 17.8 Å². The van der Waals surface area contributed by atoms with Gasteiger partial charge in [0.15, 0.2) is 0 Å². The Morgan fingerprint density at radius 2 is 1.74 bits per heavy atom. The number of aliphatic hydroxyl groups excluding tert-OH is 1. The van der Waals surface area contributed by atoms with Crippen LogP contribution in [0.15, 0.2) is 54.6 Å². The van der Waals surface area contributed by atoms with Crippen LogP contribution in [0.2, 0.25) is 0 Å². The van der Waals surface area contributed by atoms with Crippen LogP contribution in [-0.2, 0) is 12.6 Å². The molecule has 2 nitrogen and oxygen atoms in total. The van der Waals surface area contributed by atoms with E-state index >= 15 is 0 Å². The minimum absolute atomic E-state index is 0.345. The van der Waals surface area contributed by atoms with E-state index in [0.717, 1.165) is 24.1 Å². The third-order valence-corrected chi connectivity index (χ3v) is 3.73. The molecule has 0 spiro atoms. The van der Waals surface area contributed by atoms with Crippen LogP contribution in [0.5, 0.6) is 0 Å². The van der Waals surface area contributed by atoms with Crippen molar-refractivity contribution in [1.29, 1.82) is 0 Å². The number of hydrogen-bond donors (Lipinski definition) is 2. The highest BCUT2D eigenvalue weighted by Crippen LogP contribution is 2.30. The fourth-order valence-corrected chi connectivity index (χ4v) is 2.35. The number of nitrogens with one attached hydrogen (secondary N) is 1. The van der Waals surface area contributed by atoms with Crippen LogP contribution < -0.4 is 5.32 Å². The largest absolute Gasteiger partial charge is 0.416 e. The summed E-state index contributed by atoms with van der Waals surface area (Å²) in [5.74, 6) is 0. The summed E-state index contributed by atoms with van der Waals surface area (Å²) in [7, 11) is 0. The first-order valence-corrected chi connectivity index (χ1v) is 7.52. The van der Waals surface area contributed by atoms with Crippen molar-refractivity contribution >= 4 is 5.69 Å². The van der Waals surface area contributed by atoms with Crippen LogP contribution in [0.1, 0.15) is 24.5 Å². The predicted molar refractivity (Wildman–Crippen MR) is 85.3 cm³/mol. The van der Waals surface area contributed by atoms with Crippen molar-refractivity contribution in [3.8, 4) is 0 Å². The molecule has 2 N–H and O–H groups in total. The van der Waals surface area contributed by atoms with Gasteiger partial charge in [0.2, 0.25) is 0 Å². The Balaban J connectivity index is 1.92. The van der Waals surface area contributed by atoms with E-state index in [-0.39, 0.29) is 6.04 Å². The Labute approximate surface area is 134 Å². The van der Waals surface area contributed by atoms with Crippen LogP contribution >= 0.6 is 0 Å². The van der Waals surface area contributed by atoms with Crippen molar-refractivity contribution in [2.24, 2.45) is 0 Å². The molecule has 0 saturated heterocycles. The van der Waals surface area contributed by atoms with Crippen molar-refractivity contribution in [1.82, 2.24) is 0 Å². The normalized spacial score (nSPS) is 14.3. The summed E-state index contributed by atoms with van der Waals surface area (Å²) in [5.41, 5.74) is 0.775. The Bertz CT molecular complexity index is 613. The molecule has 23 heavy (non-hydrogen) atoms. The van der Waals surface area contributed by atoms with Gasteiger partial charge in [-0.2, -0.15) is 13.2 Å². The lowest BCUT2D eigenvalue weighted by Crippen LogP contribution is -2.31. The molecule has 0 aliphatic carbocycles. The number of aliphatic hydroxyl groups is 1. The average Bonchev–Trinajstić information content (AvgIpc) is 2.53. The summed E-state index contributed by atoms with van der Waals surface area (Å²) in [6, 6.07) is 14.4. The molecule has 0 bridgehead atoms. The smallest absolute Gasteiger partial charge is 0.391 e. The standard InChI is InChI=1S/C18H20F3NO/c1-13(17(23)11-10-14-6-3-2-4-7-14)22-16-9-5-8-15(12-16)18(19,20)21/h2-9,12-13,17,22-23H,10-11H2,1H3/t13-,17-/m1/s1. The van der Waals surface area contributed by atoms with Crippen LogP contribution in [0.25, 0.3) is 0 Å². The molecule has 0 unspecified atom stereocenters. The highest BCUT2D eigenvalue weighted by atomic mass is 19.4. The number of benzene rings is 2. The SMILES string of the molecule is C[C@@H](Nc1cccc(C(F)(F)F)c1)[C@H](O)CCc1ccccc1. The molecule has 0 heterocycles. The summed E-state index contributed by atoms with van der Waals surface area (Å²) < 4.78 is 38.1. The van der Waals surface area contributed by atoms with Crippen LogP contribution in [0.4, 0.5) is 18.9 Å². The van der Waals surface area contributed by atoms with Crippen molar-refractivity contribution < 1.29 is 18.3 Å². The molecule has 2 aromatic rings. The lowest BCUT2D eigenvalue weighted by molar-refractivity contribution is -0.137. The van der Waals surface area contributed by atoms with E-state index in [1.807, 2.05) is 30.3 Å². The van der Waals surface area contributed by atoms with Gasteiger partial charge in [-0.15, -0.1) is 0 Å². The number of halogens is 3. The highest BCUT2D eigenvalue weighted by Gasteiger charge is 2.30. The van der Waals surface area contributed by atoms with Crippen LogP contribution in [0.3, 0.4) is 0 Å². The molecule has 2 rings (SSSR count). The van der Waals surface area contributed by atoms with Crippen molar-refractivity contribution in [2.45, 2.75) is 38.1 Å².